The molecule has 0 bridgehead atoms. The zero-order chi connectivity index (χ0) is 32.5. The molecule has 0 radical (unpaired) electrons. The van der Waals surface area contributed by atoms with Crippen LogP contribution in [-0.2, 0) is 16.2 Å². The Bertz CT molecular complexity index is 2180. The van der Waals surface area contributed by atoms with E-state index >= 15 is 0 Å². The summed E-state index contributed by atoms with van der Waals surface area (Å²) in [7, 11) is 0. The lowest BCUT2D eigenvalue weighted by atomic mass is 9.67. The van der Waals surface area contributed by atoms with Gasteiger partial charge in [-0.25, -0.2) is 0 Å². The summed E-state index contributed by atoms with van der Waals surface area (Å²) in [6, 6.07) is 44.2. The number of rotatable bonds is 2. The van der Waals surface area contributed by atoms with Gasteiger partial charge >= 0.3 is 0 Å². The second kappa shape index (κ2) is 9.29. The van der Waals surface area contributed by atoms with Gasteiger partial charge in [0.25, 0.3) is 0 Å². The smallest absolute Gasteiger partial charge is 0.193 e. The van der Waals surface area contributed by atoms with E-state index < -0.39 is 0 Å². The molecule has 0 unspecified atom stereocenters. The highest BCUT2D eigenvalue weighted by molar-refractivity contribution is 6.14. The first-order valence-corrected chi connectivity index (χ1v) is 16.8. The first-order chi connectivity index (χ1) is 22.5. The molecule has 0 spiro atoms. The van der Waals surface area contributed by atoms with Crippen LogP contribution in [0.15, 0.2) is 121 Å². The maximum absolute atomic E-state index is 14.4. The summed E-state index contributed by atoms with van der Waals surface area (Å²) < 4.78 is 0. The molecule has 1 nitrogen and oxygen atoms in total. The summed E-state index contributed by atoms with van der Waals surface area (Å²) in [5, 5.41) is 0. The molecule has 0 saturated heterocycles. The highest BCUT2D eigenvalue weighted by atomic mass is 16.1. The summed E-state index contributed by atoms with van der Waals surface area (Å²) in [4.78, 5) is 14.4. The predicted molar refractivity (Wildman–Crippen MR) is 194 cm³/mol. The molecule has 6 aromatic rings. The van der Waals surface area contributed by atoms with Gasteiger partial charge in [0.15, 0.2) is 5.78 Å². The average molecular weight is 607 g/mol. The minimum Gasteiger partial charge on any atom is -0.289 e. The molecule has 0 amide bonds. The molecule has 47 heavy (non-hydrogen) atoms. The van der Waals surface area contributed by atoms with Crippen molar-refractivity contribution in [2.75, 3.05) is 0 Å². The van der Waals surface area contributed by atoms with E-state index in [4.69, 9.17) is 0 Å². The summed E-state index contributed by atoms with van der Waals surface area (Å²) >= 11 is 0. The maximum Gasteiger partial charge on any atom is 0.193 e. The van der Waals surface area contributed by atoms with E-state index in [1.807, 2.05) is 0 Å². The van der Waals surface area contributed by atoms with Gasteiger partial charge in [0.05, 0.1) is 0 Å². The van der Waals surface area contributed by atoms with E-state index in [-0.39, 0.29) is 22.0 Å². The molecule has 0 atom stereocenters. The Morgan fingerprint density at radius 3 is 0.957 bits per heavy atom. The fourth-order valence-corrected chi connectivity index (χ4v) is 9.00. The van der Waals surface area contributed by atoms with Crippen LogP contribution in [0.2, 0.25) is 0 Å². The Hall–Kier alpha value is -5.01. The lowest BCUT2D eigenvalue weighted by molar-refractivity contribution is 0.103. The molecule has 1 heteroatoms. The van der Waals surface area contributed by atoms with Crippen molar-refractivity contribution in [2.45, 2.75) is 57.8 Å². The van der Waals surface area contributed by atoms with Gasteiger partial charge in [-0.1, -0.05) is 139 Å². The van der Waals surface area contributed by atoms with Crippen molar-refractivity contribution >= 4 is 5.78 Å². The Labute approximate surface area is 278 Å². The first kappa shape index (κ1) is 28.2. The molecule has 0 aromatic heterocycles. The van der Waals surface area contributed by atoms with Crippen LogP contribution in [0.25, 0.3) is 44.5 Å². The minimum absolute atomic E-state index is 0.0276. The molecular weight excluding hydrogens is 569 g/mol. The Morgan fingerprint density at radius 2 is 0.596 bits per heavy atom. The molecular formula is C46H38O. The van der Waals surface area contributed by atoms with Crippen LogP contribution in [0.1, 0.15) is 90.8 Å². The topological polar surface area (TPSA) is 17.1 Å². The zero-order valence-corrected chi connectivity index (χ0v) is 28.0. The van der Waals surface area contributed by atoms with E-state index in [1.54, 1.807) is 0 Å². The van der Waals surface area contributed by atoms with Crippen molar-refractivity contribution in [3.8, 4) is 44.5 Å². The average Bonchev–Trinajstić information content (AvgIpc) is 3.46. The molecule has 0 saturated carbocycles. The van der Waals surface area contributed by atoms with Crippen molar-refractivity contribution in [3.63, 3.8) is 0 Å². The summed E-state index contributed by atoms with van der Waals surface area (Å²) in [6.45, 7) is 13.7. The lowest BCUT2D eigenvalue weighted by Gasteiger charge is -2.35. The quantitative estimate of drug-likeness (QED) is 0.192. The summed E-state index contributed by atoms with van der Waals surface area (Å²) in [6.07, 6.45) is 0. The van der Waals surface area contributed by atoms with Crippen molar-refractivity contribution in [3.05, 3.63) is 166 Å². The number of fused-ring (bicyclic) bond motifs is 8. The van der Waals surface area contributed by atoms with Crippen molar-refractivity contribution in [2.24, 2.45) is 0 Å². The van der Waals surface area contributed by atoms with Crippen molar-refractivity contribution in [1.82, 2.24) is 0 Å². The standard InChI is InChI=1S/C46H38O/c1-44(2)37-13-9-7-11-31(37)33-23-27(15-19-39(33)44)29-17-21-41-35(25-29)43(47)36-26-30(18-22-42(36)46(41,5)6)28-16-20-40-34(24-28)32-12-8-10-14-38(32)45(40,3)4/h7-26H,1-6H3. The fourth-order valence-electron chi connectivity index (χ4n) is 9.00. The molecule has 0 aliphatic heterocycles. The monoisotopic (exact) mass is 606 g/mol. The largest absolute Gasteiger partial charge is 0.289 e. The molecule has 0 fully saturated rings. The van der Waals surface area contributed by atoms with Gasteiger partial charge in [-0.2, -0.15) is 0 Å². The van der Waals surface area contributed by atoms with E-state index in [1.165, 1.54) is 44.5 Å². The molecule has 3 aliphatic carbocycles. The van der Waals surface area contributed by atoms with Crippen LogP contribution in [0, 0.1) is 0 Å². The molecule has 228 valence electrons. The van der Waals surface area contributed by atoms with E-state index in [0.717, 1.165) is 44.5 Å². The third-order valence-corrected chi connectivity index (χ3v) is 11.7. The van der Waals surface area contributed by atoms with Crippen LogP contribution >= 0.6 is 0 Å². The maximum atomic E-state index is 14.4. The zero-order valence-electron chi connectivity index (χ0n) is 28.0. The highest BCUT2D eigenvalue weighted by Crippen LogP contribution is 2.51. The summed E-state index contributed by atoms with van der Waals surface area (Å²) in [5.74, 6) is 0.110. The minimum atomic E-state index is -0.294. The van der Waals surface area contributed by atoms with Crippen LogP contribution in [0.3, 0.4) is 0 Å². The van der Waals surface area contributed by atoms with E-state index in [9.17, 15) is 4.79 Å². The van der Waals surface area contributed by atoms with Crippen LogP contribution in [0.5, 0.6) is 0 Å². The highest BCUT2D eigenvalue weighted by Gasteiger charge is 2.39. The number of hydrogen-bond donors (Lipinski definition) is 0. The van der Waals surface area contributed by atoms with Gasteiger partial charge < -0.3 is 0 Å². The fraction of sp³-hybridized carbons (Fsp3) is 0.196. The number of hydrogen-bond acceptors (Lipinski definition) is 1. The second-order valence-electron chi connectivity index (χ2n) is 15.3. The number of carbonyl (C=O) groups excluding carboxylic acids is 1. The van der Waals surface area contributed by atoms with Crippen LogP contribution in [0.4, 0.5) is 0 Å². The normalized spacial score (nSPS) is 16.9. The number of carbonyl (C=O) groups is 1. The van der Waals surface area contributed by atoms with Gasteiger partial charge in [-0.15, -0.1) is 0 Å². The molecule has 6 aromatic carbocycles. The van der Waals surface area contributed by atoms with Crippen LogP contribution < -0.4 is 0 Å². The van der Waals surface area contributed by atoms with Gasteiger partial charge in [0, 0.05) is 27.4 Å². The number of ketones is 1. The Kier molecular flexibility index (Phi) is 5.58. The Balaban J connectivity index is 1.13. The Morgan fingerprint density at radius 1 is 0.319 bits per heavy atom. The lowest BCUT2D eigenvalue weighted by Crippen LogP contribution is -2.30. The van der Waals surface area contributed by atoms with E-state index in [0.29, 0.717) is 0 Å². The molecule has 0 heterocycles. The first-order valence-electron chi connectivity index (χ1n) is 16.8. The molecule has 0 N–H and O–H groups in total. The van der Waals surface area contributed by atoms with Gasteiger partial charge in [-0.05, 0) is 102 Å². The van der Waals surface area contributed by atoms with Gasteiger partial charge in [0.1, 0.15) is 0 Å². The molecule has 9 rings (SSSR count). The van der Waals surface area contributed by atoms with Crippen molar-refractivity contribution in [1.29, 1.82) is 0 Å². The second-order valence-corrected chi connectivity index (χ2v) is 15.3. The molecule has 3 aliphatic rings. The van der Waals surface area contributed by atoms with Crippen molar-refractivity contribution < 1.29 is 4.79 Å². The van der Waals surface area contributed by atoms with E-state index in [2.05, 4.69) is 163 Å². The van der Waals surface area contributed by atoms with Crippen LogP contribution in [-0.4, -0.2) is 5.78 Å². The summed E-state index contributed by atoms with van der Waals surface area (Å²) in [5.41, 5.74) is 18.6. The van der Waals surface area contributed by atoms with Gasteiger partial charge in [-0.3, -0.25) is 4.79 Å². The van der Waals surface area contributed by atoms with Gasteiger partial charge in [0.2, 0.25) is 0 Å². The third kappa shape index (κ3) is 3.75. The predicted octanol–water partition coefficient (Wildman–Crippen LogP) is 11.5. The third-order valence-electron chi connectivity index (χ3n) is 11.7. The SMILES string of the molecule is CC1(C)c2ccc(-c3ccc4c(c3)-c3ccccc3C4(C)C)cc2C(=O)c2cc(-c3ccc4c(c3)-c3ccccc3C4(C)C)ccc21. The number of benzene rings is 6.